The molecule has 0 fully saturated rings. The lowest BCUT2D eigenvalue weighted by Crippen LogP contribution is -2.36. The largest absolute Gasteiger partial charge is 0.468 e. The van der Waals surface area contributed by atoms with Crippen LogP contribution in [0.15, 0.2) is 16.7 Å². The van der Waals surface area contributed by atoms with Crippen LogP contribution in [0.4, 0.5) is 11.5 Å². The van der Waals surface area contributed by atoms with E-state index in [1.807, 2.05) is 0 Å². The van der Waals surface area contributed by atoms with Gasteiger partial charge >= 0.3 is 11.9 Å². The van der Waals surface area contributed by atoms with E-state index in [9.17, 15) is 9.59 Å². The molecule has 0 saturated heterocycles. The highest BCUT2D eigenvalue weighted by Gasteiger charge is 2.19. The first-order chi connectivity index (χ1) is 8.97. The SMILES string of the molecule is COC(=O)CN(CC(=O)OC)c1ncc(N)cc1Br. The molecule has 1 aromatic heterocycles. The third-order valence-corrected chi connectivity index (χ3v) is 2.82. The Morgan fingerprint density at radius 2 is 1.84 bits per heavy atom. The molecule has 0 aromatic carbocycles. The quantitative estimate of drug-likeness (QED) is 0.788. The van der Waals surface area contributed by atoms with Gasteiger partial charge in [0.2, 0.25) is 0 Å². The van der Waals surface area contributed by atoms with E-state index < -0.39 is 11.9 Å². The van der Waals surface area contributed by atoms with Crippen molar-refractivity contribution in [2.45, 2.75) is 0 Å². The number of methoxy groups -OCH3 is 2. The third-order valence-electron chi connectivity index (χ3n) is 2.24. The Hall–Kier alpha value is -1.83. The van der Waals surface area contributed by atoms with Gasteiger partial charge in [0.05, 0.1) is 30.6 Å². The van der Waals surface area contributed by atoms with Gasteiger partial charge in [-0.3, -0.25) is 9.59 Å². The summed E-state index contributed by atoms with van der Waals surface area (Å²) >= 11 is 3.28. The van der Waals surface area contributed by atoms with E-state index >= 15 is 0 Å². The van der Waals surface area contributed by atoms with Gasteiger partial charge in [-0.1, -0.05) is 0 Å². The van der Waals surface area contributed by atoms with Crippen molar-refractivity contribution in [1.82, 2.24) is 4.98 Å². The van der Waals surface area contributed by atoms with Gasteiger partial charge in [-0.2, -0.15) is 0 Å². The molecule has 2 N–H and O–H groups in total. The number of rotatable bonds is 5. The maximum atomic E-state index is 11.4. The van der Waals surface area contributed by atoms with Crippen LogP contribution in [-0.2, 0) is 19.1 Å². The Morgan fingerprint density at radius 3 is 2.26 bits per heavy atom. The smallest absolute Gasteiger partial charge is 0.325 e. The monoisotopic (exact) mass is 331 g/mol. The fraction of sp³-hybridized carbons (Fsp3) is 0.364. The Kier molecular flexibility index (Phi) is 5.56. The fourth-order valence-corrected chi connectivity index (χ4v) is 1.94. The zero-order valence-corrected chi connectivity index (χ0v) is 12.1. The minimum absolute atomic E-state index is 0.124. The van der Waals surface area contributed by atoms with E-state index in [-0.39, 0.29) is 13.1 Å². The summed E-state index contributed by atoms with van der Waals surface area (Å²) in [5.41, 5.74) is 6.05. The number of ether oxygens (including phenoxy) is 2. The van der Waals surface area contributed by atoms with E-state index in [1.54, 1.807) is 6.07 Å². The Morgan fingerprint density at radius 1 is 1.32 bits per heavy atom. The Labute approximate surface area is 118 Å². The molecule has 104 valence electrons. The average molecular weight is 332 g/mol. The minimum atomic E-state index is -0.491. The molecule has 0 atom stereocenters. The molecule has 0 spiro atoms. The zero-order chi connectivity index (χ0) is 14.4. The summed E-state index contributed by atoms with van der Waals surface area (Å²) in [7, 11) is 2.54. The zero-order valence-electron chi connectivity index (χ0n) is 10.6. The molecule has 0 aliphatic carbocycles. The summed E-state index contributed by atoms with van der Waals surface area (Å²) in [5, 5.41) is 0. The van der Waals surface area contributed by atoms with Crippen molar-refractivity contribution in [2.24, 2.45) is 0 Å². The lowest BCUT2D eigenvalue weighted by atomic mass is 10.3. The first kappa shape index (κ1) is 15.2. The lowest BCUT2D eigenvalue weighted by Gasteiger charge is -2.22. The molecule has 0 amide bonds. The molecule has 19 heavy (non-hydrogen) atoms. The first-order valence-corrected chi connectivity index (χ1v) is 6.06. The molecule has 0 aliphatic heterocycles. The van der Waals surface area contributed by atoms with Crippen molar-refractivity contribution >= 4 is 39.4 Å². The van der Waals surface area contributed by atoms with Crippen molar-refractivity contribution in [1.29, 1.82) is 0 Å². The number of carbonyl (C=O) groups is 2. The van der Waals surface area contributed by atoms with Crippen molar-refractivity contribution in [3.63, 3.8) is 0 Å². The summed E-state index contributed by atoms with van der Waals surface area (Å²) in [5.74, 6) is -0.575. The highest BCUT2D eigenvalue weighted by atomic mass is 79.9. The van der Waals surface area contributed by atoms with Gasteiger partial charge in [0.25, 0.3) is 0 Å². The molecule has 0 saturated carbocycles. The van der Waals surface area contributed by atoms with Gasteiger partial charge in [0.15, 0.2) is 0 Å². The molecule has 0 radical (unpaired) electrons. The van der Waals surface area contributed by atoms with Gasteiger partial charge in [0, 0.05) is 0 Å². The van der Waals surface area contributed by atoms with Crippen molar-refractivity contribution in [3.05, 3.63) is 16.7 Å². The molecule has 0 unspecified atom stereocenters. The van der Waals surface area contributed by atoms with Gasteiger partial charge in [-0.25, -0.2) is 4.98 Å². The molecule has 0 bridgehead atoms. The van der Waals surface area contributed by atoms with E-state index in [0.29, 0.717) is 16.0 Å². The molecular formula is C11H14BrN3O4. The Balaban J connectivity index is 3.00. The van der Waals surface area contributed by atoms with Crippen LogP contribution < -0.4 is 10.6 Å². The molecule has 8 heteroatoms. The molecule has 1 rings (SSSR count). The van der Waals surface area contributed by atoms with Crippen LogP contribution in [0, 0.1) is 0 Å². The van der Waals surface area contributed by atoms with Crippen LogP contribution in [-0.4, -0.2) is 44.2 Å². The van der Waals surface area contributed by atoms with Crippen LogP contribution >= 0.6 is 15.9 Å². The topological polar surface area (TPSA) is 94.8 Å². The van der Waals surface area contributed by atoms with Crippen LogP contribution in [0.1, 0.15) is 0 Å². The highest BCUT2D eigenvalue weighted by molar-refractivity contribution is 9.10. The van der Waals surface area contributed by atoms with E-state index in [4.69, 9.17) is 5.73 Å². The lowest BCUT2D eigenvalue weighted by molar-refractivity contribution is -0.140. The number of nitrogens with zero attached hydrogens (tertiary/aromatic N) is 2. The second-order valence-corrected chi connectivity index (χ2v) is 4.44. The van der Waals surface area contributed by atoms with Crippen molar-refractivity contribution in [3.8, 4) is 0 Å². The first-order valence-electron chi connectivity index (χ1n) is 5.27. The third kappa shape index (κ3) is 4.40. The summed E-state index contributed by atoms with van der Waals surface area (Å²) < 4.78 is 9.73. The second-order valence-electron chi connectivity index (χ2n) is 3.58. The molecule has 1 heterocycles. The summed E-state index contributed by atoms with van der Waals surface area (Å²) in [6, 6.07) is 1.63. The van der Waals surface area contributed by atoms with Crippen LogP contribution in [0.25, 0.3) is 0 Å². The maximum Gasteiger partial charge on any atom is 0.325 e. The number of aromatic nitrogens is 1. The number of halogens is 1. The van der Waals surface area contributed by atoms with E-state index in [0.717, 1.165) is 0 Å². The predicted octanol–water partition coefficient (Wildman–Crippen LogP) is 0.579. The van der Waals surface area contributed by atoms with Crippen molar-refractivity contribution in [2.75, 3.05) is 37.9 Å². The second kappa shape index (κ2) is 6.93. The standard InChI is InChI=1S/C11H14BrN3O4/c1-18-9(16)5-15(6-10(17)19-2)11-8(12)3-7(13)4-14-11/h3-4H,5-6,13H2,1-2H3. The van der Waals surface area contributed by atoms with E-state index in [1.165, 1.54) is 25.3 Å². The number of pyridine rings is 1. The van der Waals surface area contributed by atoms with Crippen LogP contribution in [0.5, 0.6) is 0 Å². The van der Waals surface area contributed by atoms with E-state index in [2.05, 4.69) is 30.4 Å². The normalized spacial score (nSPS) is 9.84. The number of hydrogen-bond acceptors (Lipinski definition) is 7. The molecule has 1 aromatic rings. The van der Waals surface area contributed by atoms with Crippen LogP contribution in [0.3, 0.4) is 0 Å². The molecule has 7 nitrogen and oxygen atoms in total. The summed E-state index contributed by atoms with van der Waals surface area (Å²) in [6.45, 7) is -0.248. The number of nitrogen functional groups attached to an aromatic ring is 1. The predicted molar refractivity (Wildman–Crippen MR) is 72.6 cm³/mol. The van der Waals surface area contributed by atoms with Crippen LogP contribution in [0.2, 0.25) is 0 Å². The van der Waals surface area contributed by atoms with Gasteiger partial charge in [-0.15, -0.1) is 0 Å². The fourth-order valence-electron chi connectivity index (χ4n) is 1.32. The summed E-state index contributed by atoms with van der Waals surface area (Å²) in [4.78, 5) is 28.2. The van der Waals surface area contributed by atoms with Crippen molar-refractivity contribution < 1.29 is 19.1 Å². The number of anilines is 2. The Bertz CT molecular complexity index is 463. The van der Waals surface area contributed by atoms with Gasteiger partial charge in [0.1, 0.15) is 18.9 Å². The van der Waals surface area contributed by atoms with Gasteiger partial charge < -0.3 is 20.1 Å². The highest BCUT2D eigenvalue weighted by Crippen LogP contribution is 2.25. The number of nitrogens with two attached hydrogens (primary N) is 1. The molecule has 0 aliphatic rings. The summed E-state index contributed by atoms with van der Waals surface area (Å²) in [6.07, 6.45) is 1.43. The van der Waals surface area contributed by atoms with Gasteiger partial charge in [-0.05, 0) is 22.0 Å². The minimum Gasteiger partial charge on any atom is -0.468 e. The maximum absolute atomic E-state index is 11.4. The number of hydrogen-bond donors (Lipinski definition) is 1. The molecular weight excluding hydrogens is 318 g/mol. The number of carbonyl (C=O) groups excluding carboxylic acids is 2. The number of esters is 2. The average Bonchev–Trinajstić information content (AvgIpc) is 2.37.